The van der Waals surface area contributed by atoms with Crippen LogP contribution in [0.2, 0.25) is 0 Å². The number of methoxy groups -OCH3 is 1. The number of fused-ring (bicyclic) bond motifs is 1. The first-order valence-electron chi connectivity index (χ1n) is 12.4. The highest BCUT2D eigenvalue weighted by Crippen LogP contribution is 2.31. The average molecular weight is 505 g/mol. The Labute approximate surface area is 216 Å². The minimum absolute atomic E-state index is 0.0433. The first-order valence-corrected chi connectivity index (χ1v) is 12.4. The molecule has 1 amide bonds. The van der Waals surface area contributed by atoms with E-state index in [1.54, 1.807) is 13.3 Å². The van der Waals surface area contributed by atoms with E-state index < -0.39 is 12.2 Å². The second-order valence-electron chi connectivity index (χ2n) is 10.2. The van der Waals surface area contributed by atoms with E-state index >= 15 is 0 Å². The number of benzene rings is 2. The van der Waals surface area contributed by atoms with Crippen LogP contribution in [0.3, 0.4) is 0 Å². The number of ether oxygens (including phenoxy) is 4. The highest BCUT2D eigenvalue weighted by Gasteiger charge is 2.49. The Balaban J connectivity index is 1.17. The van der Waals surface area contributed by atoms with Crippen LogP contribution in [-0.4, -0.2) is 60.7 Å². The molecule has 2 aromatic carbocycles. The number of aromatic nitrogens is 2. The summed E-state index contributed by atoms with van der Waals surface area (Å²) < 4.78 is 22.8. The van der Waals surface area contributed by atoms with Crippen molar-refractivity contribution in [3.8, 4) is 17.0 Å². The number of nitrogens with one attached hydrogen (secondary N) is 2. The topological polar surface area (TPSA) is 104 Å². The number of rotatable bonds is 6. The molecule has 0 radical (unpaired) electrons. The summed E-state index contributed by atoms with van der Waals surface area (Å²) in [5.74, 6) is 1.26. The summed E-state index contributed by atoms with van der Waals surface area (Å²) in [6.07, 6.45) is 0.0287. The summed E-state index contributed by atoms with van der Waals surface area (Å²) >= 11 is 0. The molecule has 4 unspecified atom stereocenters. The summed E-state index contributed by atoms with van der Waals surface area (Å²) in [5.41, 5.74) is 3.65. The number of nitrogens with zero attached hydrogens (tertiary/aromatic N) is 2. The van der Waals surface area contributed by atoms with Crippen LogP contribution in [0.15, 0.2) is 60.8 Å². The lowest BCUT2D eigenvalue weighted by Crippen LogP contribution is -2.38. The van der Waals surface area contributed by atoms with Gasteiger partial charge in [0, 0.05) is 17.4 Å². The van der Waals surface area contributed by atoms with Crippen LogP contribution in [0.1, 0.15) is 26.3 Å². The van der Waals surface area contributed by atoms with Crippen molar-refractivity contribution in [3.63, 3.8) is 0 Å². The van der Waals surface area contributed by atoms with Gasteiger partial charge in [0.1, 0.15) is 18.0 Å². The van der Waals surface area contributed by atoms with Crippen molar-refractivity contribution in [2.75, 3.05) is 31.0 Å². The molecule has 9 nitrogen and oxygen atoms in total. The first kappa shape index (κ1) is 25.0. The molecule has 5 rings (SSSR count). The van der Waals surface area contributed by atoms with Crippen molar-refractivity contribution in [3.05, 3.63) is 66.4 Å². The van der Waals surface area contributed by atoms with Crippen LogP contribution in [0, 0.1) is 0 Å². The molecule has 0 bridgehead atoms. The molecule has 1 aromatic heterocycles. The Morgan fingerprint density at radius 2 is 1.70 bits per heavy atom. The van der Waals surface area contributed by atoms with Gasteiger partial charge in [0.15, 0.2) is 6.10 Å². The van der Waals surface area contributed by atoms with E-state index in [4.69, 9.17) is 18.9 Å². The van der Waals surface area contributed by atoms with Gasteiger partial charge < -0.3 is 24.3 Å². The average Bonchev–Trinajstić information content (AvgIpc) is 3.47. The van der Waals surface area contributed by atoms with Crippen molar-refractivity contribution < 1.29 is 23.7 Å². The Bertz CT molecular complexity index is 1230. The standard InChI is InChI=1S/C28H32N4O5/c1-28(2,3)18-7-9-19(10-8-18)30-27(33)37-23-16-36-24-22(15-35-25(23)24)32-26-29-14-13-21(31-26)17-5-11-20(34-4)12-6-17/h5-14,22-25H,15-16H2,1-4H3,(H,30,33)(H,29,31,32). The van der Waals surface area contributed by atoms with Crippen molar-refractivity contribution in [1.82, 2.24) is 9.97 Å². The second-order valence-corrected chi connectivity index (χ2v) is 10.2. The molecule has 4 atom stereocenters. The number of carbonyl (C=O) groups is 1. The summed E-state index contributed by atoms with van der Waals surface area (Å²) in [6, 6.07) is 17.1. The highest BCUT2D eigenvalue weighted by atomic mass is 16.6. The maximum Gasteiger partial charge on any atom is 0.412 e. The molecule has 9 heteroatoms. The molecule has 194 valence electrons. The zero-order chi connectivity index (χ0) is 26.0. The molecule has 2 aliphatic heterocycles. The Hall–Kier alpha value is -3.69. The van der Waals surface area contributed by atoms with Crippen LogP contribution < -0.4 is 15.4 Å². The van der Waals surface area contributed by atoms with E-state index in [1.807, 2.05) is 54.6 Å². The third kappa shape index (κ3) is 5.68. The van der Waals surface area contributed by atoms with Gasteiger partial charge in [-0.05, 0) is 53.4 Å². The fourth-order valence-electron chi connectivity index (χ4n) is 4.54. The summed E-state index contributed by atoms with van der Waals surface area (Å²) in [6.45, 7) is 7.09. The third-order valence-corrected chi connectivity index (χ3v) is 6.62. The monoisotopic (exact) mass is 504 g/mol. The predicted octanol–water partition coefficient (Wildman–Crippen LogP) is 4.65. The zero-order valence-electron chi connectivity index (χ0n) is 21.4. The fourth-order valence-corrected chi connectivity index (χ4v) is 4.54. The van der Waals surface area contributed by atoms with Gasteiger partial charge in [-0.1, -0.05) is 32.9 Å². The van der Waals surface area contributed by atoms with Gasteiger partial charge in [0.05, 0.1) is 32.1 Å². The molecule has 2 fully saturated rings. The largest absolute Gasteiger partial charge is 0.497 e. The molecule has 37 heavy (non-hydrogen) atoms. The molecule has 0 spiro atoms. The van der Waals surface area contributed by atoms with E-state index in [2.05, 4.69) is 41.4 Å². The number of carbonyl (C=O) groups excluding carboxylic acids is 1. The number of hydrogen-bond acceptors (Lipinski definition) is 8. The predicted molar refractivity (Wildman–Crippen MR) is 140 cm³/mol. The van der Waals surface area contributed by atoms with Crippen molar-refractivity contribution >= 4 is 17.7 Å². The number of hydrogen-bond donors (Lipinski definition) is 2. The molecule has 0 aliphatic carbocycles. The number of amides is 1. The smallest absolute Gasteiger partial charge is 0.412 e. The SMILES string of the molecule is COc1ccc(-c2ccnc(NC3COC4C(OC(=O)Nc5ccc(C(C)(C)C)cc5)COC34)n2)cc1. The normalized spacial score (nSPS) is 22.8. The third-order valence-electron chi connectivity index (χ3n) is 6.62. The summed E-state index contributed by atoms with van der Waals surface area (Å²) in [4.78, 5) is 21.5. The first-order chi connectivity index (χ1) is 17.8. The van der Waals surface area contributed by atoms with Crippen LogP contribution >= 0.6 is 0 Å². The van der Waals surface area contributed by atoms with E-state index in [9.17, 15) is 4.79 Å². The van der Waals surface area contributed by atoms with E-state index in [-0.39, 0.29) is 30.3 Å². The molecule has 3 aromatic rings. The highest BCUT2D eigenvalue weighted by molar-refractivity contribution is 5.84. The maximum absolute atomic E-state index is 12.5. The van der Waals surface area contributed by atoms with E-state index in [0.717, 1.165) is 17.0 Å². The Morgan fingerprint density at radius 3 is 2.41 bits per heavy atom. The van der Waals surface area contributed by atoms with Gasteiger partial charge in [-0.25, -0.2) is 14.8 Å². The van der Waals surface area contributed by atoms with Gasteiger partial charge in [-0.15, -0.1) is 0 Å². The van der Waals surface area contributed by atoms with Gasteiger partial charge in [-0.3, -0.25) is 5.32 Å². The van der Waals surface area contributed by atoms with Crippen molar-refractivity contribution in [1.29, 1.82) is 0 Å². The van der Waals surface area contributed by atoms with Gasteiger partial charge in [-0.2, -0.15) is 0 Å². The molecule has 2 saturated heterocycles. The minimum atomic E-state index is -0.534. The maximum atomic E-state index is 12.5. The van der Waals surface area contributed by atoms with Gasteiger partial charge >= 0.3 is 6.09 Å². The van der Waals surface area contributed by atoms with Gasteiger partial charge in [0.2, 0.25) is 5.95 Å². The molecular formula is C28H32N4O5. The molecule has 2 aliphatic rings. The van der Waals surface area contributed by atoms with Gasteiger partial charge in [0.25, 0.3) is 0 Å². The molecule has 0 saturated carbocycles. The lowest BCUT2D eigenvalue weighted by Gasteiger charge is -2.20. The number of anilines is 2. The lowest BCUT2D eigenvalue weighted by atomic mass is 9.87. The van der Waals surface area contributed by atoms with Crippen molar-refractivity contribution in [2.45, 2.75) is 50.5 Å². The Kier molecular flexibility index (Phi) is 6.99. The van der Waals surface area contributed by atoms with Crippen LogP contribution in [0.4, 0.5) is 16.4 Å². The molecule has 2 N–H and O–H groups in total. The molecule has 3 heterocycles. The second kappa shape index (κ2) is 10.4. The minimum Gasteiger partial charge on any atom is -0.497 e. The van der Waals surface area contributed by atoms with Crippen LogP contribution in [0.5, 0.6) is 5.75 Å². The fraction of sp³-hybridized carbons (Fsp3) is 0.393. The quantitative estimate of drug-likeness (QED) is 0.500. The molecular weight excluding hydrogens is 472 g/mol. The van der Waals surface area contributed by atoms with Crippen LogP contribution in [-0.2, 0) is 19.6 Å². The summed E-state index contributed by atoms with van der Waals surface area (Å²) in [7, 11) is 1.64. The van der Waals surface area contributed by atoms with E-state index in [1.165, 1.54) is 5.56 Å². The van der Waals surface area contributed by atoms with E-state index in [0.29, 0.717) is 18.2 Å². The zero-order valence-corrected chi connectivity index (χ0v) is 21.4. The Morgan fingerprint density at radius 1 is 0.973 bits per heavy atom. The summed E-state index contributed by atoms with van der Waals surface area (Å²) in [5, 5.41) is 6.11. The van der Waals surface area contributed by atoms with Crippen LogP contribution in [0.25, 0.3) is 11.3 Å². The van der Waals surface area contributed by atoms with Crippen molar-refractivity contribution in [2.24, 2.45) is 0 Å². The lowest BCUT2D eigenvalue weighted by molar-refractivity contribution is 0.00917.